The van der Waals surface area contributed by atoms with Crippen molar-refractivity contribution in [3.05, 3.63) is 42.0 Å². The zero-order valence-corrected chi connectivity index (χ0v) is 10.1. The molecule has 1 heterocycles. The largest absolute Gasteiger partial charge is 0.478 e. The van der Waals surface area contributed by atoms with Crippen molar-refractivity contribution in [2.45, 2.75) is 0 Å². The Morgan fingerprint density at radius 2 is 2.16 bits per heavy atom. The molecule has 2 rings (SSSR count). The average Bonchev–Trinajstić information content (AvgIpc) is 2.77. The Hall–Kier alpha value is -2.83. The summed E-state index contributed by atoms with van der Waals surface area (Å²) in [6, 6.07) is 4.26. The van der Waals surface area contributed by atoms with E-state index in [9.17, 15) is 9.59 Å². The lowest BCUT2D eigenvalue weighted by molar-refractivity contribution is 0.0698. The lowest BCUT2D eigenvalue weighted by Gasteiger charge is -2.09. The number of carbonyl (C=O) groups excluding carboxylic acids is 1. The number of aryl methyl sites for hydroxylation is 1. The molecule has 7 nitrogen and oxygen atoms in total. The van der Waals surface area contributed by atoms with E-state index in [2.05, 4.69) is 10.3 Å². The Morgan fingerprint density at radius 1 is 1.42 bits per heavy atom. The number of hydrogen-bond donors (Lipinski definition) is 3. The average molecular weight is 260 g/mol. The molecular formula is C12H12N4O3. The van der Waals surface area contributed by atoms with Crippen LogP contribution in [0.25, 0.3) is 0 Å². The number of hydrogen-bond acceptors (Lipinski definition) is 4. The first-order valence-electron chi connectivity index (χ1n) is 5.39. The first-order valence-corrected chi connectivity index (χ1v) is 5.39. The normalized spacial score (nSPS) is 10.2. The molecule has 98 valence electrons. The second kappa shape index (κ2) is 4.81. The molecule has 0 saturated heterocycles. The van der Waals surface area contributed by atoms with Crippen LogP contribution >= 0.6 is 0 Å². The zero-order valence-electron chi connectivity index (χ0n) is 10.1. The summed E-state index contributed by atoms with van der Waals surface area (Å²) in [5.74, 6) is -1.60. The predicted molar refractivity (Wildman–Crippen MR) is 69.0 cm³/mol. The van der Waals surface area contributed by atoms with Crippen LogP contribution < -0.4 is 11.1 Å². The van der Waals surface area contributed by atoms with E-state index in [0.717, 1.165) is 0 Å². The van der Waals surface area contributed by atoms with Gasteiger partial charge in [0, 0.05) is 12.7 Å². The van der Waals surface area contributed by atoms with Crippen molar-refractivity contribution < 1.29 is 14.7 Å². The minimum absolute atomic E-state index is 0.0597. The maximum Gasteiger partial charge on any atom is 0.337 e. The Bertz CT molecular complexity index is 648. The standard InChI is InChI=1S/C12H12N4O3/c1-16-6-14-5-10(16)11(17)15-9-3-2-7(13)4-8(9)12(18)19/h2-6H,13H2,1H3,(H,15,17)(H,18,19). The highest BCUT2D eigenvalue weighted by molar-refractivity contribution is 6.07. The summed E-state index contributed by atoms with van der Waals surface area (Å²) in [4.78, 5) is 26.9. The topological polar surface area (TPSA) is 110 Å². The minimum Gasteiger partial charge on any atom is -0.478 e. The number of aromatic carboxylic acids is 1. The van der Waals surface area contributed by atoms with Crippen molar-refractivity contribution in [2.75, 3.05) is 11.1 Å². The van der Waals surface area contributed by atoms with Crippen LogP contribution in [0.2, 0.25) is 0 Å². The van der Waals surface area contributed by atoms with Gasteiger partial charge < -0.3 is 20.7 Å². The van der Waals surface area contributed by atoms with E-state index in [0.29, 0.717) is 11.4 Å². The van der Waals surface area contributed by atoms with Gasteiger partial charge in [0.05, 0.1) is 23.8 Å². The molecule has 0 bridgehead atoms. The number of benzene rings is 1. The summed E-state index contributed by atoms with van der Waals surface area (Å²) >= 11 is 0. The maximum absolute atomic E-state index is 12.0. The van der Waals surface area contributed by atoms with Crippen molar-refractivity contribution in [3.63, 3.8) is 0 Å². The third kappa shape index (κ3) is 2.54. The van der Waals surface area contributed by atoms with Crippen molar-refractivity contribution in [1.82, 2.24) is 9.55 Å². The molecule has 4 N–H and O–H groups in total. The highest BCUT2D eigenvalue weighted by Crippen LogP contribution is 2.19. The fraction of sp³-hybridized carbons (Fsp3) is 0.0833. The molecule has 1 aromatic carbocycles. The molecule has 2 aromatic rings. The Kier molecular flexibility index (Phi) is 3.19. The van der Waals surface area contributed by atoms with Gasteiger partial charge in [0.1, 0.15) is 5.69 Å². The third-order valence-corrected chi connectivity index (χ3v) is 2.57. The van der Waals surface area contributed by atoms with Gasteiger partial charge in [-0.25, -0.2) is 9.78 Å². The lowest BCUT2D eigenvalue weighted by atomic mass is 10.1. The zero-order chi connectivity index (χ0) is 14.0. The maximum atomic E-state index is 12.0. The van der Waals surface area contributed by atoms with E-state index >= 15 is 0 Å². The highest BCUT2D eigenvalue weighted by Gasteiger charge is 2.15. The number of nitrogen functional groups attached to an aromatic ring is 1. The molecule has 0 spiro atoms. The van der Waals surface area contributed by atoms with Crippen LogP contribution in [0.15, 0.2) is 30.7 Å². The molecule has 0 fully saturated rings. The number of amides is 1. The fourth-order valence-electron chi connectivity index (χ4n) is 1.61. The molecular weight excluding hydrogens is 248 g/mol. The number of carboxylic acid groups (broad SMARTS) is 1. The summed E-state index contributed by atoms with van der Waals surface area (Å²) in [5.41, 5.74) is 6.30. The molecule has 1 amide bonds. The minimum atomic E-state index is -1.16. The Balaban J connectivity index is 2.32. The molecule has 0 aliphatic heterocycles. The third-order valence-electron chi connectivity index (χ3n) is 2.57. The molecule has 0 aliphatic carbocycles. The van der Waals surface area contributed by atoms with Crippen LogP contribution in [0.4, 0.5) is 11.4 Å². The molecule has 7 heteroatoms. The summed E-state index contributed by atoms with van der Waals surface area (Å²) in [6.45, 7) is 0. The van der Waals surface area contributed by atoms with Gasteiger partial charge in [0.15, 0.2) is 0 Å². The number of nitrogens with two attached hydrogens (primary N) is 1. The second-order valence-electron chi connectivity index (χ2n) is 3.95. The van der Waals surface area contributed by atoms with E-state index in [1.165, 1.54) is 35.3 Å². The van der Waals surface area contributed by atoms with Crippen LogP contribution in [-0.2, 0) is 7.05 Å². The van der Waals surface area contributed by atoms with Crippen LogP contribution in [0, 0.1) is 0 Å². The number of carbonyl (C=O) groups is 2. The van der Waals surface area contributed by atoms with Crippen molar-refractivity contribution in [2.24, 2.45) is 7.05 Å². The van der Waals surface area contributed by atoms with E-state index in [-0.39, 0.29) is 11.3 Å². The summed E-state index contributed by atoms with van der Waals surface area (Å²) in [6.07, 6.45) is 2.88. The van der Waals surface area contributed by atoms with Gasteiger partial charge in [-0.05, 0) is 18.2 Å². The van der Waals surface area contributed by atoms with Gasteiger partial charge in [-0.15, -0.1) is 0 Å². The molecule has 0 atom stereocenters. The number of aromatic nitrogens is 2. The fourth-order valence-corrected chi connectivity index (χ4v) is 1.61. The predicted octanol–water partition coefficient (Wildman–Crippen LogP) is 0.953. The number of nitrogens with one attached hydrogen (secondary N) is 1. The highest BCUT2D eigenvalue weighted by atomic mass is 16.4. The van der Waals surface area contributed by atoms with E-state index < -0.39 is 11.9 Å². The van der Waals surface area contributed by atoms with Crippen LogP contribution in [-0.4, -0.2) is 26.5 Å². The molecule has 0 radical (unpaired) electrons. The quantitative estimate of drug-likeness (QED) is 0.712. The lowest BCUT2D eigenvalue weighted by Crippen LogP contribution is -2.17. The van der Waals surface area contributed by atoms with Gasteiger partial charge in [-0.1, -0.05) is 0 Å². The van der Waals surface area contributed by atoms with Crippen LogP contribution in [0.3, 0.4) is 0 Å². The Labute approximate surface area is 108 Å². The molecule has 0 aliphatic rings. The van der Waals surface area contributed by atoms with E-state index in [1.807, 2.05) is 0 Å². The SMILES string of the molecule is Cn1cncc1C(=O)Nc1ccc(N)cc1C(=O)O. The number of rotatable bonds is 3. The van der Waals surface area contributed by atoms with Gasteiger partial charge >= 0.3 is 5.97 Å². The van der Waals surface area contributed by atoms with Crippen LogP contribution in [0.5, 0.6) is 0 Å². The molecule has 0 unspecified atom stereocenters. The van der Waals surface area contributed by atoms with E-state index in [1.54, 1.807) is 7.05 Å². The van der Waals surface area contributed by atoms with Crippen molar-refractivity contribution in [1.29, 1.82) is 0 Å². The summed E-state index contributed by atoms with van der Waals surface area (Å²) in [5, 5.41) is 11.6. The van der Waals surface area contributed by atoms with Crippen molar-refractivity contribution in [3.8, 4) is 0 Å². The van der Waals surface area contributed by atoms with Gasteiger partial charge in [-0.2, -0.15) is 0 Å². The first-order chi connectivity index (χ1) is 8.99. The van der Waals surface area contributed by atoms with E-state index in [4.69, 9.17) is 10.8 Å². The van der Waals surface area contributed by atoms with Gasteiger partial charge in [0.25, 0.3) is 5.91 Å². The number of anilines is 2. The summed E-state index contributed by atoms with van der Waals surface area (Å²) in [7, 11) is 1.67. The van der Waals surface area contributed by atoms with Crippen molar-refractivity contribution >= 4 is 23.3 Å². The molecule has 1 aromatic heterocycles. The Morgan fingerprint density at radius 3 is 2.74 bits per heavy atom. The second-order valence-corrected chi connectivity index (χ2v) is 3.95. The molecule has 0 saturated carbocycles. The van der Waals surface area contributed by atoms with Gasteiger partial charge in [-0.3, -0.25) is 4.79 Å². The van der Waals surface area contributed by atoms with Gasteiger partial charge in [0.2, 0.25) is 0 Å². The number of carboxylic acids is 1. The number of imidazole rings is 1. The monoisotopic (exact) mass is 260 g/mol. The van der Waals surface area contributed by atoms with Crippen LogP contribution in [0.1, 0.15) is 20.8 Å². The number of nitrogens with zero attached hydrogens (tertiary/aromatic N) is 2. The smallest absolute Gasteiger partial charge is 0.337 e. The molecule has 19 heavy (non-hydrogen) atoms. The summed E-state index contributed by atoms with van der Waals surface area (Å²) < 4.78 is 1.53. The first kappa shape index (κ1) is 12.6.